The molecule has 2 nitrogen and oxygen atoms in total. The third-order valence-corrected chi connectivity index (χ3v) is 2.81. The predicted octanol–water partition coefficient (Wildman–Crippen LogP) is 0.352. The second-order valence-electron chi connectivity index (χ2n) is 3.32. The van der Waals surface area contributed by atoms with Gasteiger partial charge in [-0.2, -0.15) is 0 Å². The number of likely N-dealkylation sites (tertiary alicyclic amines) is 1. The maximum Gasteiger partial charge on any atom is 0.0621 e. The zero-order valence-electron chi connectivity index (χ0n) is 6.17. The van der Waals surface area contributed by atoms with Crippen LogP contribution in [0, 0.1) is 0 Å². The van der Waals surface area contributed by atoms with Gasteiger partial charge in [-0.3, -0.25) is 9.80 Å². The monoisotopic (exact) mass is 126 g/mol. The second kappa shape index (κ2) is 1.70. The lowest BCUT2D eigenvalue weighted by atomic mass is 10.1. The fourth-order valence-corrected chi connectivity index (χ4v) is 2.20. The van der Waals surface area contributed by atoms with Gasteiger partial charge in [0.15, 0.2) is 0 Å². The molecule has 0 aromatic rings. The molecule has 2 heteroatoms. The first-order valence-electron chi connectivity index (χ1n) is 3.71. The summed E-state index contributed by atoms with van der Waals surface area (Å²) < 4.78 is 0. The molecule has 0 spiro atoms. The fourth-order valence-electron chi connectivity index (χ4n) is 2.20. The fraction of sp³-hybridized carbons (Fsp3) is 1.00. The Hall–Kier alpha value is -0.0800. The van der Waals surface area contributed by atoms with Crippen LogP contribution in [-0.2, 0) is 0 Å². The molecule has 0 N–H and O–H groups in total. The SMILES string of the molecule is CN1CC2CCC1N2C. The van der Waals surface area contributed by atoms with E-state index in [0.717, 1.165) is 12.2 Å². The average molecular weight is 126 g/mol. The normalized spacial score (nSPS) is 44.7. The van der Waals surface area contributed by atoms with E-state index in [1.54, 1.807) is 0 Å². The average Bonchev–Trinajstić information content (AvgIpc) is 2.25. The molecule has 0 radical (unpaired) electrons. The summed E-state index contributed by atoms with van der Waals surface area (Å²) >= 11 is 0. The third-order valence-electron chi connectivity index (χ3n) is 2.81. The molecular formula is C7H14N2. The largest absolute Gasteiger partial charge is 0.289 e. The van der Waals surface area contributed by atoms with Crippen LogP contribution in [0.4, 0.5) is 0 Å². The molecule has 9 heavy (non-hydrogen) atoms. The molecule has 0 aliphatic carbocycles. The van der Waals surface area contributed by atoms with Crippen molar-refractivity contribution in [3.05, 3.63) is 0 Å². The molecule has 2 aliphatic heterocycles. The molecule has 2 saturated heterocycles. The van der Waals surface area contributed by atoms with Crippen LogP contribution in [0.1, 0.15) is 12.8 Å². The van der Waals surface area contributed by atoms with Gasteiger partial charge < -0.3 is 0 Å². The van der Waals surface area contributed by atoms with Crippen LogP contribution in [0.2, 0.25) is 0 Å². The van der Waals surface area contributed by atoms with Gasteiger partial charge in [0, 0.05) is 12.6 Å². The Morgan fingerprint density at radius 1 is 1.22 bits per heavy atom. The van der Waals surface area contributed by atoms with E-state index >= 15 is 0 Å². The van der Waals surface area contributed by atoms with Crippen molar-refractivity contribution in [2.75, 3.05) is 20.6 Å². The Morgan fingerprint density at radius 2 is 2.00 bits per heavy atom. The topological polar surface area (TPSA) is 6.48 Å². The van der Waals surface area contributed by atoms with Crippen molar-refractivity contribution in [1.82, 2.24) is 9.80 Å². The molecule has 2 aliphatic rings. The minimum absolute atomic E-state index is 0.773. The van der Waals surface area contributed by atoms with Gasteiger partial charge in [0.2, 0.25) is 0 Å². The molecule has 2 fully saturated rings. The van der Waals surface area contributed by atoms with E-state index in [0.29, 0.717) is 0 Å². The lowest BCUT2D eigenvalue weighted by Crippen LogP contribution is -2.31. The molecular weight excluding hydrogens is 112 g/mol. The Morgan fingerprint density at radius 3 is 2.22 bits per heavy atom. The minimum Gasteiger partial charge on any atom is -0.289 e. The Balaban J connectivity index is 2.16. The number of nitrogens with zero attached hydrogens (tertiary/aromatic N) is 2. The lowest BCUT2D eigenvalue weighted by Gasteiger charge is -2.20. The molecule has 52 valence electrons. The van der Waals surface area contributed by atoms with E-state index in [1.807, 2.05) is 0 Å². The van der Waals surface area contributed by atoms with Crippen LogP contribution in [0.3, 0.4) is 0 Å². The first-order chi connectivity index (χ1) is 4.29. The van der Waals surface area contributed by atoms with E-state index < -0.39 is 0 Å². The van der Waals surface area contributed by atoms with Gasteiger partial charge in [0.1, 0.15) is 0 Å². The molecule has 2 heterocycles. The van der Waals surface area contributed by atoms with Crippen molar-refractivity contribution in [2.24, 2.45) is 0 Å². The summed E-state index contributed by atoms with van der Waals surface area (Å²) in [5.41, 5.74) is 0. The van der Waals surface area contributed by atoms with Crippen molar-refractivity contribution in [3.8, 4) is 0 Å². The molecule has 0 amide bonds. The molecule has 0 saturated carbocycles. The van der Waals surface area contributed by atoms with E-state index in [1.165, 1.54) is 19.4 Å². The van der Waals surface area contributed by atoms with E-state index in [9.17, 15) is 0 Å². The van der Waals surface area contributed by atoms with E-state index in [2.05, 4.69) is 23.9 Å². The van der Waals surface area contributed by atoms with Crippen molar-refractivity contribution < 1.29 is 0 Å². The zero-order chi connectivity index (χ0) is 6.43. The highest BCUT2D eigenvalue weighted by molar-refractivity contribution is 4.93. The highest BCUT2D eigenvalue weighted by atomic mass is 15.4. The van der Waals surface area contributed by atoms with Crippen molar-refractivity contribution in [2.45, 2.75) is 25.0 Å². The first kappa shape index (κ1) is 5.69. The van der Waals surface area contributed by atoms with Gasteiger partial charge in [0.05, 0.1) is 6.17 Å². The summed E-state index contributed by atoms with van der Waals surface area (Å²) in [6.45, 7) is 1.29. The smallest absolute Gasteiger partial charge is 0.0621 e. The second-order valence-corrected chi connectivity index (χ2v) is 3.32. The molecule has 2 unspecified atom stereocenters. The van der Waals surface area contributed by atoms with Crippen molar-refractivity contribution in [3.63, 3.8) is 0 Å². The standard InChI is InChI=1S/C7H14N2/c1-8-5-6-3-4-7(8)9(6)2/h6-7H,3-5H2,1-2H3. The number of hydrogen-bond acceptors (Lipinski definition) is 2. The third kappa shape index (κ3) is 0.634. The quantitative estimate of drug-likeness (QED) is 0.462. The number of hydrogen-bond donors (Lipinski definition) is 0. The van der Waals surface area contributed by atoms with Gasteiger partial charge in [-0.25, -0.2) is 0 Å². The zero-order valence-corrected chi connectivity index (χ0v) is 6.17. The van der Waals surface area contributed by atoms with E-state index in [4.69, 9.17) is 0 Å². The number of rotatable bonds is 0. The number of fused-ring (bicyclic) bond motifs is 2. The van der Waals surface area contributed by atoms with Crippen LogP contribution in [0.25, 0.3) is 0 Å². The highest BCUT2D eigenvalue weighted by Gasteiger charge is 2.40. The van der Waals surface area contributed by atoms with Crippen LogP contribution in [0.5, 0.6) is 0 Å². The summed E-state index contributed by atoms with van der Waals surface area (Å²) in [6, 6.07) is 0.875. The molecule has 2 rings (SSSR count). The van der Waals surface area contributed by atoms with E-state index in [-0.39, 0.29) is 0 Å². The maximum absolute atomic E-state index is 2.50. The number of piperidine rings is 1. The van der Waals surface area contributed by atoms with Gasteiger partial charge in [-0.1, -0.05) is 0 Å². The van der Waals surface area contributed by atoms with Crippen LogP contribution < -0.4 is 0 Å². The van der Waals surface area contributed by atoms with Crippen LogP contribution >= 0.6 is 0 Å². The summed E-state index contributed by atoms with van der Waals surface area (Å²) in [4.78, 5) is 4.95. The first-order valence-corrected chi connectivity index (χ1v) is 3.71. The molecule has 0 aromatic heterocycles. The minimum atomic E-state index is 0.773. The van der Waals surface area contributed by atoms with Crippen LogP contribution in [-0.4, -0.2) is 42.6 Å². The van der Waals surface area contributed by atoms with Crippen LogP contribution in [0.15, 0.2) is 0 Å². The summed E-state index contributed by atoms with van der Waals surface area (Å²) in [5, 5.41) is 0. The molecule has 2 bridgehead atoms. The Kier molecular flexibility index (Phi) is 1.08. The maximum atomic E-state index is 2.50. The Labute approximate surface area is 56.4 Å². The van der Waals surface area contributed by atoms with Crippen molar-refractivity contribution >= 4 is 0 Å². The van der Waals surface area contributed by atoms with Gasteiger partial charge in [-0.05, 0) is 26.9 Å². The highest BCUT2D eigenvalue weighted by Crippen LogP contribution is 2.30. The lowest BCUT2D eigenvalue weighted by molar-refractivity contribution is 0.202. The van der Waals surface area contributed by atoms with Gasteiger partial charge >= 0.3 is 0 Å². The summed E-state index contributed by atoms with van der Waals surface area (Å²) in [6.07, 6.45) is 3.58. The Bertz CT molecular complexity index is 124. The summed E-state index contributed by atoms with van der Waals surface area (Å²) in [5.74, 6) is 0. The molecule has 0 aromatic carbocycles. The summed E-state index contributed by atoms with van der Waals surface area (Å²) in [7, 11) is 4.46. The van der Waals surface area contributed by atoms with Gasteiger partial charge in [0.25, 0.3) is 0 Å². The number of likely N-dealkylation sites (N-methyl/N-ethyl adjacent to an activating group) is 2. The van der Waals surface area contributed by atoms with Gasteiger partial charge in [-0.15, -0.1) is 0 Å². The van der Waals surface area contributed by atoms with Crippen molar-refractivity contribution in [1.29, 1.82) is 0 Å². The molecule has 2 atom stereocenters. The predicted molar refractivity (Wildman–Crippen MR) is 37.2 cm³/mol.